The van der Waals surface area contributed by atoms with Gasteiger partial charge in [-0.05, 0) is 24.5 Å². The first kappa shape index (κ1) is 25.2. The Kier molecular flexibility index (Phi) is 6.82. The first-order valence-electron chi connectivity index (χ1n) is 12.5. The number of hydrogen-bond acceptors (Lipinski definition) is 8. The van der Waals surface area contributed by atoms with Crippen LogP contribution < -0.4 is 4.90 Å². The highest BCUT2D eigenvalue weighted by atomic mass is 32.2. The van der Waals surface area contributed by atoms with Crippen molar-refractivity contribution in [2.45, 2.75) is 38.9 Å². The third kappa shape index (κ3) is 4.64. The summed E-state index contributed by atoms with van der Waals surface area (Å²) in [5, 5.41) is 2.68. The first-order valence-corrected chi connectivity index (χ1v) is 15.2. The van der Waals surface area contributed by atoms with Gasteiger partial charge >= 0.3 is 0 Å². The van der Waals surface area contributed by atoms with Gasteiger partial charge in [-0.3, -0.25) is 14.5 Å². The Morgan fingerprint density at radius 2 is 1.81 bits per heavy atom. The first-order chi connectivity index (χ1) is 17.1. The number of carbonyl (C=O) groups excluding carboxylic acids is 2. The second-order valence-corrected chi connectivity index (χ2v) is 13.0. The van der Waals surface area contributed by atoms with E-state index in [-0.39, 0.29) is 11.8 Å². The van der Waals surface area contributed by atoms with Crippen LogP contribution in [0.3, 0.4) is 0 Å². The van der Waals surface area contributed by atoms with Crippen LogP contribution in [0.15, 0.2) is 35.7 Å². The van der Waals surface area contributed by atoms with Gasteiger partial charge in [-0.15, -0.1) is 11.3 Å². The number of hydrogen-bond donors (Lipinski definition) is 0. The highest BCUT2D eigenvalue weighted by Gasteiger charge is 2.58. The minimum Gasteiger partial charge on any atom is -0.369 e. The molecule has 3 aliphatic rings. The molecule has 0 saturated carbocycles. The van der Waals surface area contributed by atoms with E-state index in [1.807, 2.05) is 19.9 Å². The van der Waals surface area contributed by atoms with Gasteiger partial charge in [0.1, 0.15) is 10.7 Å². The number of likely N-dealkylation sites (tertiary alicyclic amines) is 1. The quantitative estimate of drug-likeness (QED) is 0.564. The molecule has 2 aromatic rings. The zero-order valence-electron chi connectivity index (χ0n) is 20.9. The van der Waals surface area contributed by atoms with Crippen LogP contribution >= 0.6 is 11.3 Å². The maximum atomic E-state index is 13.5. The molecule has 0 bridgehead atoms. The second-order valence-electron chi connectivity index (χ2n) is 10.2. The van der Waals surface area contributed by atoms with Crippen LogP contribution in [-0.2, 0) is 21.4 Å². The molecule has 2 amide bonds. The van der Waals surface area contributed by atoms with Gasteiger partial charge in [0.15, 0.2) is 0 Å². The van der Waals surface area contributed by atoms with Gasteiger partial charge in [0.2, 0.25) is 15.9 Å². The van der Waals surface area contributed by atoms with E-state index >= 15 is 0 Å². The molecule has 0 N–H and O–H groups in total. The zero-order valence-corrected chi connectivity index (χ0v) is 22.5. The Hall–Kier alpha value is -2.50. The molecule has 3 saturated heterocycles. The molecule has 3 aliphatic heterocycles. The summed E-state index contributed by atoms with van der Waals surface area (Å²) in [5.41, 5.74) is 1.62. The van der Waals surface area contributed by atoms with E-state index in [4.69, 9.17) is 0 Å². The summed E-state index contributed by atoms with van der Waals surface area (Å²) in [6, 6.07) is 9.46. The molecule has 194 valence electrons. The van der Waals surface area contributed by atoms with Crippen molar-refractivity contribution in [1.29, 1.82) is 0 Å². The molecule has 0 aliphatic carbocycles. The predicted octanol–water partition coefficient (Wildman–Crippen LogP) is 2.12. The Bertz CT molecular complexity index is 1220. The number of anilines is 1. The molecule has 0 radical (unpaired) electrons. The molecule has 0 unspecified atom stereocenters. The molecule has 36 heavy (non-hydrogen) atoms. The molecule has 5 rings (SSSR count). The number of benzene rings is 1. The molecule has 9 nitrogen and oxygen atoms in total. The number of rotatable bonds is 6. The van der Waals surface area contributed by atoms with Crippen LogP contribution in [0.2, 0.25) is 0 Å². The lowest BCUT2D eigenvalue weighted by atomic mass is 9.88. The van der Waals surface area contributed by atoms with E-state index in [9.17, 15) is 18.0 Å². The average molecular weight is 532 g/mol. The van der Waals surface area contributed by atoms with Gasteiger partial charge in [-0.2, -0.15) is 0 Å². The average Bonchev–Trinajstić information content (AvgIpc) is 3.53. The number of fused-ring (bicyclic) bond motifs is 1. The van der Waals surface area contributed by atoms with Crippen molar-refractivity contribution in [3.63, 3.8) is 0 Å². The fraction of sp³-hybridized carbons (Fsp3) is 0.560. The van der Waals surface area contributed by atoms with Gasteiger partial charge < -0.3 is 9.80 Å². The van der Waals surface area contributed by atoms with Crippen LogP contribution in [0.1, 0.15) is 35.8 Å². The normalized spacial score (nSPS) is 25.2. The summed E-state index contributed by atoms with van der Waals surface area (Å²) >= 11 is 1.48. The number of piperazine rings is 1. The monoisotopic (exact) mass is 531 g/mol. The topological polar surface area (TPSA) is 94.1 Å². The third-order valence-electron chi connectivity index (χ3n) is 7.55. The smallest absolute Gasteiger partial charge is 0.273 e. The lowest BCUT2D eigenvalue weighted by Crippen LogP contribution is -2.46. The molecule has 1 aromatic carbocycles. The highest BCUT2D eigenvalue weighted by molar-refractivity contribution is 7.88. The molecule has 0 spiro atoms. The van der Waals surface area contributed by atoms with Gasteiger partial charge in [0, 0.05) is 43.8 Å². The zero-order chi connectivity index (χ0) is 25.6. The van der Waals surface area contributed by atoms with Crippen molar-refractivity contribution in [3.8, 4) is 0 Å². The fourth-order valence-corrected chi connectivity index (χ4v) is 7.87. The van der Waals surface area contributed by atoms with Crippen LogP contribution in [0.5, 0.6) is 0 Å². The molecule has 1 aromatic heterocycles. The van der Waals surface area contributed by atoms with E-state index in [0.717, 1.165) is 41.7 Å². The molecular weight excluding hydrogens is 498 g/mol. The summed E-state index contributed by atoms with van der Waals surface area (Å²) in [4.78, 5) is 37.6. The van der Waals surface area contributed by atoms with Crippen LogP contribution in [-0.4, -0.2) is 90.4 Å². The SMILES string of the molecule is CC(C)[C@H]1C(=O)N(S(C)(=O)=O)[C@H]2CCN(C(=O)c3csc(CN4CCN(c5ccccc5)CC4)n3)[C@H]12. The number of carbonyl (C=O) groups is 2. The minimum absolute atomic E-state index is 0.0781. The van der Waals surface area contributed by atoms with E-state index in [2.05, 4.69) is 39.0 Å². The number of sulfonamides is 1. The molecular formula is C25H33N5O4S2. The van der Waals surface area contributed by atoms with E-state index in [1.54, 1.807) is 10.3 Å². The van der Waals surface area contributed by atoms with E-state index in [0.29, 0.717) is 25.2 Å². The Morgan fingerprint density at radius 1 is 1.11 bits per heavy atom. The number of aromatic nitrogens is 1. The summed E-state index contributed by atoms with van der Waals surface area (Å²) < 4.78 is 25.8. The van der Waals surface area contributed by atoms with Gasteiger partial charge in [0.05, 0.1) is 30.8 Å². The lowest BCUT2D eigenvalue weighted by Gasteiger charge is -2.35. The summed E-state index contributed by atoms with van der Waals surface area (Å²) in [6.07, 6.45) is 1.53. The molecule has 3 fully saturated rings. The fourth-order valence-electron chi connectivity index (χ4n) is 5.89. The van der Waals surface area contributed by atoms with Crippen LogP contribution in [0.25, 0.3) is 0 Å². The lowest BCUT2D eigenvalue weighted by molar-refractivity contribution is -0.129. The summed E-state index contributed by atoms with van der Waals surface area (Å²) in [5.74, 6) is -1.22. The maximum Gasteiger partial charge on any atom is 0.273 e. The molecule has 4 heterocycles. The van der Waals surface area contributed by atoms with Crippen LogP contribution in [0, 0.1) is 11.8 Å². The van der Waals surface area contributed by atoms with Gasteiger partial charge in [0.25, 0.3) is 5.91 Å². The van der Waals surface area contributed by atoms with Crippen molar-refractivity contribution in [1.82, 2.24) is 19.1 Å². The van der Waals surface area contributed by atoms with E-state index in [1.165, 1.54) is 17.0 Å². The minimum atomic E-state index is -3.70. The summed E-state index contributed by atoms with van der Waals surface area (Å²) in [7, 11) is -3.70. The van der Waals surface area contributed by atoms with Crippen molar-refractivity contribution in [3.05, 3.63) is 46.4 Å². The number of nitrogens with zero attached hydrogens (tertiary/aromatic N) is 5. The second kappa shape index (κ2) is 9.75. The standard InChI is InChI=1S/C25H33N5O4S2/c1-17(2)22-23-20(30(25(22)32)36(3,33)34)9-10-29(23)24(31)19-16-35-21(26-19)15-27-11-13-28(14-12-27)18-7-5-4-6-8-18/h4-8,16-17,20,22-23H,9-15H2,1-3H3/t20-,22+,23-/m0/s1. The highest BCUT2D eigenvalue weighted by Crippen LogP contribution is 2.41. The van der Waals surface area contributed by atoms with Crippen molar-refractivity contribution < 1.29 is 18.0 Å². The van der Waals surface area contributed by atoms with Crippen molar-refractivity contribution >= 4 is 38.9 Å². The molecule has 3 atom stereocenters. The maximum absolute atomic E-state index is 13.5. The van der Waals surface area contributed by atoms with Crippen molar-refractivity contribution in [2.75, 3.05) is 43.9 Å². The summed E-state index contributed by atoms with van der Waals surface area (Å²) in [6.45, 7) is 8.67. The molecule has 11 heteroatoms. The third-order valence-corrected chi connectivity index (χ3v) is 9.55. The largest absolute Gasteiger partial charge is 0.369 e. The predicted molar refractivity (Wildman–Crippen MR) is 139 cm³/mol. The number of para-hydroxylation sites is 1. The number of amides is 2. The van der Waals surface area contributed by atoms with Gasteiger partial charge in [-0.1, -0.05) is 32.0 Å². The van der Waals surface area contributed by atoms with Crippen molar-refractivity contribution in [2.24, 2.45) is 11.8 Å². The van der Waals surface area contributed by atoms with E-state index < -0.39 is 33.9 Å². The Labute approximate surface area is 216 Å². The Balaban J connectivity index is 1.25. The number of thiazole rings is 1. The Morgan fingerprint density at radius 3 is 2.44 bits per heavy atom. The van der Waals surface area contributed by atoms with Gasteiger partial charge in [-0.25, -0.2) is 17.7 Å². The van der Waals surface area contributed by atoms with Crippen LogP contribution in [0.4, 0.5) is 5.69 Å².